The zero-order valence-electron chi connectivity index (χ0n) is 9.75. The van der Waals surface area contributed by atoms with Crippen LogP contribution in [0.3, 0.4) is 0 Å². The largest absolute Gasteiger partial charge is 0.402 e. The van der Waals surface area contributed by atoms with E-state index < -0.39 is 0 Å². The van der Waals surface area contributed by atoms with Crippen LogP contribution in [-0.4, -0.2) is 6.54 Å². The number of halogens is 1. The highest BCUT2D eigenvalue weighted by atomic mass is 19.1. The van der Waals surface area contributed by atoms with Crippen LogP contribution in [0.5, 0.6) is 0 Å². The molecule has 0 saturated heterocycles. The smallest absolute Gasteiger partial charge is 0.123 e. The van der Waals surface area contributed by atoms with Crippen molar-refractivity contribution >= 4 is 0 Å². The Morgan fingerprint density at radius 3 is 2.82 bits per heavy atom. The topological polar surface area (TPSA) is 38.0 Å². The van der Waals surface area contributed by atoms with Gasteiger partial charge in [0.15, 0.2) is 0 Å². The van der Waals surface area contributed by atoms with Crippen molar-refractivity contribution in [1.82, 2.24) is 5.32 Å². The Bertz CT molecular complexity index is 449. The summed E-state index contributed by atoms with van der Waals surface area (Å²) in [6, 6.07) is 6.73. The lowest BCUT2D eigenvalue weighted by atomic mass is 10.1. The van der Waals surface area contributed by atoms with Gasteiger partial charge in [-0.3, -0.25) is 0 Å². The van der Waals surface area contributed by atoms with Crippen LogP contribution in [0.1, 0.15) is 18.4 Å². The monoisotopic (exact) mass is 232 g/mol. The van der Waals surface area contributed by atoms with Crippen molar-refractivity contribution < 1.29 is 4.39 Å². The highest BCUT2D eigenvalue weighted by molar-refractivity contribution is 5.21. The maximum absolute atomic E-state index is 12.9. The molecule has 2 rings (SSSR count). The van der Waals surface area contributed by atoms with E-state index in [0.29, 0.717) is 0 Å². The fourth-order valence-corrected chi connectivity index (χ4v) is 1.86. The van der Waals surface area contributed by atoms with E-state index in [2.05, 4.69) is 5.32 Å². The summed E-state index contributed by atoms with van der Waals surface area (Å²) in [6.07, 6.45) is 6.66. The van der Waals surface area contributed by atoms with E-state index in [9.17, 15) is 4.39 Å². The molecule has 2 nitrogen and oxygen atoms in total. The minimum Gasteiger partial charge on any atom is -0.402 e. The van der Waals surface area contributed by atoms with Crippen LogP contribution in [-0.2, 0) is 6.42 Å². The Morgan fingerprint density at radius 2 is 2.12 bits per heavy atom. The molecule has 0 spiro atoms. The summed E-state index contributed by atoms with van der Waals surface area (Å²) in [4.78, 5) is 0. The van der Waals surface area contributed by atoms with Gasteiger partial charge in [0.05, 0.1) is 0 Å². The highest BCUT2D eigenvalue weighted by Gasteiger charge is 2.03. The van der Waals surface area contributed by atoms with Crippen LogP contribution in [0.4, 0.5) is 4.39 Å². The Morgan fingerprint density at radius 1 is 1.24 bits per heavy atom. The molecule has 3 N–H and O–H groups in total. The fraction of sp³-hybridized carbons (Fsp3) is 0.286. The molecular formula is C14H17FN2. The van der Waals surface area contributed by atoms with Crippen LogP contribution in [0, 0.1) is 5.82 Å². The quantitative estimate of drug-likeness (QED) is 0.837. The molecule has 3 heteroatoms. The lowest BCUT2D eigenvalue weighted by molar-refractivity contribution is 0.624. The van der Waals surface area contributed by atoms with Crippen molar-refractivity contribution in [1.29, 1.82) is 0 Å². The summed E-state index contributed by atoms with van der Waals surface area (Å²) in [5, 5.41) is 3.35. The van der Waals surface area contributed by atoms with Gasteiger partial charge < -0.3 is 11.1 Å². The summed E-state index contributed by atoms with van der Waals surface area (Å²) in [5.74, 6) is -0.171. The third kappa shape index (κ3) is 3.63. The normalized spacial score (nSPS) is 15.1. The minimum atomic E-state index is -0.171. The van der Waals surface area contributed by atoms with Gasteiger partial charge in [-0.1, -0.05) is 12.1 Å². The number of rotatable bonds is 4. The van der Waals surface area contributed by atoms with Gasteiger partial charge in [-0.15, -0.1) is 0 Å². The molecule has 0 amide bonds. The van der Waals surface area contributed by atoms with Gasteiger partial charge in [0.1, 0.15) is 5.82 Å². The van der Waals surface area contributed by atoms with Crippen molar-refractivity contribution in [2.45, 2.75) is 19.3 Å². The maximum atomic E-state index is 12.9. The van der Waals surface area contributed by atoms with E-state index in [1.54, 1.807) is 12.1 Å². The average molecular weight is 232 g/mol. The first-order chi connectivity index (χ1) is 8.24. The number of hydrogen-bond donors (Lipinski definition) is 2. The molecular weight excluding hydrogens is 215 g/mol. The molecule has 0 radical (unpaired) electrons. The van der Waals surface area contributed by atoms with Gasteiger partial charge in [0.2, 0.25) is 0 Å². The first kappa shape index (κ1) is 11.7. The third-order valence-electron chi connectivity index (χ3n) is 2.84. The molecule has 1 aromatic rings. The van der Waals surface area contributed by atoms with Crippen LogP contribution < -0.4 is 11.1 Å². The number of allylic oxidation sites excluding steroid dienone is 4. The number of nitrogens with two attached hydrogens (primary N) is 1. The minimum absolute atomic E-state index is 0.171. The second-order valence-corrected chi connectivity index (χ2v) is 4.24. The van der Waals surface area contributed by atoms with Gasteiger partial charge in [-0.25, -0.2) is 4.39 Å². The SMILES string of the molecule is NC1=CC=C(NCCc2cccc(F)c2)CC1. The van der Waals surface area contributed by atoms with Crippen molar-refractivity contribution in [3.63, 3.8) is 0 Å². The predicted octanol–water partition coefficient (Wildman–Crippen LogP) is 2.48. The Labute approximate surface area is 101 Å². The summed E-state index contributed by atoms with van der Waals surface area (Å²) in [6.45, 7) is 0.822. The zero-order valence-corrected chi connectivity index (χ0v) is 9.75. The second-order valence-electron chi connectivity index (χ2n) is 4.24. The molecule has 0 bridgehead atoms. The first-order valence-corrected chi connectivity index (χ1v) is 5.87. The molecule has 0 fully saturated rings. The van der Waals surface area contributed by atoms with E-state index in [-0.39, 0.29) is 5.82 Å². The summed E-state index contributed by atoms with van der Waals surface area (Å²) >= 11 is 0. The highest BCUT2D eigenvalue weighted by Crippen LogP contribution is 2.12. The van der Waals surface area contributed by atoms with Crippen LogP contribution in [0.15, 0.2) is 47.8 Å². The van der Waals surface area contributed by atoms with E-state index >= 15 is 0 Å². The zero-order chi connectivity index (χ0) is 12.1. The molecule has 0 aliphatic heterocycles. The molecule has 0 heterocycles. The molecule has 1 aliphatic carbocycles. The van der Waals surface area contributed by atoms with Crippen LogP contribution in [0.25, 0.3) is 0 Å². The lowest BCUT2D eigenvalue weighted by Crippen LogP contribution is -2.18. The molecule has 0 aromatic heterocycles. The van der Waals surface area contributed by atoms with Gasteiger partial charge in [0.25, 0.3) is 0 Å². The number of nitrogens with one attached hydrogen (secondary N) is 1. The molecule has 90 valence electrons. The fourth-order valence-electron chi connectivity index (χ4n) is 1.86. The maximum Gasteiger partial charge on any atom is 0.123 e. The van der Waals surface area contributed by atoms with Crippen molar-refractivity contribution in [3.8, 4) is 0 Å². The average Bonchev–Trinajstić information content (AvgIpc) is 2.32. The first-order valence-electron chi connectivity index (χ1n) is 5.87. The summed E-state index contributed by atoms with van der Waals surface area (Å²) in [7, 11) is 0. The molecule has 0 atom stereocenters. The number of benzene rings is 1. The standard InChI is InChI=1S/C14H17FN2/c15-12-3-1-2-11(10-12)8-9-17-14-6-4-13(16)5-7-14/h1-4,6,10,17H,5,7-9,16H2. The van der Waals surface area contributed by atoms with E-state index in [4.69, 9.17) is 5.73 Å². The van der Waals surface area contributed by atoms with Gasteiger partial charge >= 0.3 is 0 Å². The molecule has 1 aromatic carbocycles. The second kappa shape index (κ2) is 5.53. The van der Waals surface area contributed by atoms with E-state index in [1.165, 1.54) is 11.8 Å². The van der Waals surface area contributed by atoms with Gasteiger partial charge in [-0.2, -0.15) is 0 Å². The van der Waals surface area contributed by atoms with E-state index in [0.717, 1.165) is 37.1 Å². The molecule has 0 unspecified atom stereocenters. The summed E-state index contributed by atoms with van der Waals surface area (Å²) in [5.41, 5.74) is 8.83. The molecule has 17 heavy (non-hydrogen) atoms. The number of hydrogen-bond acceptors (Lipinski definition) is 2. The predicted molar refractivity (Wildman–Crippen MR) is 67.7 cm³/mol. The van der Waals surface area contributed by atoms with Crippen molar-refractivity contribution in [2.24, 2.45) is 5.73 Å². The van der Waals surface area contributed by atoms with Crippen LogP contribution in [0.2, 0.25) is 0 Å². The molecule has 0 saturated carbocycles. The van der Waals surface area contributed by atoms with E-state index in [1.807, 2.05) is 18.2 Å². The van der Waals surface area contributed by atoms with Gasteiger partial charge in [-0.05, 0) is 49.1 Å². The van der Waals surface area contributed by atoms with Crippen LogP contribution >= 0.6 is 0 Å². The Hall–Kier alpha value is -1.77. The lowest BCUT2D eigenvalue weighted by Gasteiger charge is -2.14. The van der Waals surface area contributed by atoms with Crippen molar-refractivity contribution in [3.05, 3.63) is 59.2 Å². The summed E-state index contributed by atoms with van der Waals surface area (Å²) < 4.78 is 12.9. The Balaban J connectivity index is 1.80. The Kier molecular flexibility index (Phi) is 3.81. The third-order valence-corrected chi connectivity index (χ3v) is 2.84. The van der Waals surface area contributed by atoms with Gasteiger partial charge in [0, 0.05) is 17.9 Å². The molecule has 1 aliphatic rings. The van der Waals surface area contributed by atoms with Crippen molar-refractivity contribution in [2.75, 3.05) is 6.54 Å².